The van der Waals surface area contributed by atoms with Gasteiger partial charge in [0.05, 0.1) is 12.0 Å². The molecule has 0 aliphatic rings. The maximum absolute atomic E-state index is 12.1. The van der Waals surface area contributed by atoms with Crippen LogP contribution in [0.2, 0.25) is 0 Å². The summed E-state index contributed by atoms with van der Waals surface area (Å²) in [6.45, 7) is 4.50. The number of carbonyl (C=O) groups is 1. The fraction of sp³-hybridized carbons (Fsp3) is 0.462. The molecule has 0 aliphatic carbocycles. The Morgan fingerprint density at radius 2 is 2.26 bits per heavy atom. The number of hydrogen-bond acceptors (Lipinski definition) is 4. The number of nitrogens with zero attached hydrogens (tertiary/aromatic N) is 3. The summed E-state index contributed by atoms with van der Waals surface area (Å²) in [7, 11) is 0. The molecule has 0 saturated heterocycles. The van der Waals surface area contributed by atoms with Crippen LogP contribution in [0.3, 0.4) is 0 Å². The number of rotatable bonds is 5. The van der Waals surface area contributed by atoms with Crippen LogP contribution < -0.4 is 11.1 Å². The summed E-state index contributed by atoms with van der Waals surface area (Å²) in [4.78, 5) is 12.1. The molecule has 0 fully saturated rings. The van der Waals surface area contributed by atoms with E-state index in [2.05, 4.69) is 15.5 Å². The van der Waals surface area contributed by atoms with Crippen LogP contribution in [0.25, 0.3) is 5.65 Å². The van der Waals surface area contributed by atoms with Crippen molar-refractivity contribution in [1.82, 2.24) is 19.9 Å². The van der Waals surface area contributed by atoms with Gasteiger partial charge in [0, 0.05) is 12.7 Å². The van der Waals surface area contributed by atoms with Crippen molar-refractivity contribution in [2.75, 3.05) is 6.54 Å². The van der Waals surface area contributed by atoms with Crippen LogP contribution in [-0.2, 0) is 11.3 Å². The lowest BCUT2D eigenvalue weighted by molar-refractivity contribution is -0.130. The van der Waals surface area contributed by atoms with Crippen LogP contribution in [-0.4, -0.2) is 27.0 Å². The standard InChI is InChI=1S/C13H19N5O/c1-3-13(2,9-14)12(19)15-8-11-17-16-10-6-4-5-7-18(10)11/h4-7H,3,8-9,14H2,1-2H3,(H,15,19). The zero-order valence-electron chi connectivity index (χ0n) is 11.3. The van der Waals surface area contributed by atoms with E-state index in [4.69, 9.17) is 5.73 Å². The molecule has 0 saturated carbocycles. The van der Waals surface area contributed by atoms with E-state index < -0.39 is 5.41 Å². The number of carbonyl (C=O) groups excluding carboxylic acids is 1. The Labute approximate surface area is 112 Å². The van der Waals surface area contributed by atoms with Gasteiger partial charge < -0.3 is 11.1 Å². The summed E-state index contributed by atoms with van der Waals surface area (Å²) >= 11 is 0. The van der Waals surface area contributed by atoms with Gasteiger partial charge in [0.1, 0.15) is 0 Å². The topological polar surface area (TPSA) is 85.3 Å². The highest BCUT2D eigenvalue weighted by atomic mass is 16.2. The average molecular weight is 261 g/mol. The van der Waals surface area contributed by atoms with Crippen LogP contribution in [0.15, 0.2) is 24.4 Å². The Morgan fingerprint density at radius 1 is 1.47 bits per heavy atom. The van der Waals surface area contributed by atoms with Gasteiger partial charge in [-0.05, 0) is 25.5 Å². The molecular formula is C13H19N5O. The van der Waals surface area contributed by atoms with Gasteiger partial charge in [-0.25, -0.2) is 0 Å². The summed E-state index contributed by atoms with van der Waals surface area (Å²) < 4.78 is 1.85. The number of nitrogens with one attached hydrogen (secondary N) is 1. The van der Waals surface area contributed by atoms with Crippen LogP contribution in [0.5, 0.6) is 0 Å². The average Bonchev–Trinajstić information content (AvgIpc) is 2.87. The Balaban J connectivity index is 2.09. The van der Waals surface area contributed by atoms with Gasteiger partial charge in [0.2, 0.25) is 5.91 Å². The lowest BCUT2D eigenvalue weighted by atomic mass is 9.87. The first-order chi connectivity index (χ1) is 9.10. The van der Waals surface area contributed by atoms with E-state index in [-0.39, 0.29) is 5.91 Å². The minimum absolute atomic E-state index is 0.0508. The summed E-state index contributed by atoms with van der Waals surface area (Å²) in [6.07, 6.45) is 2.58. The van der Waals surface area contributed by atoms with Gasteiger partial charge in [-0.2, -0.15) is 0 Å². The molecule has 1 atom stereocenters. The smallest absolute Gasteiger partial charge is 0.227 e. The largest absolute Gasteiger partial charge is 0.348 e. The van der Waals surface area contributed by atoms with Crippen molar-refractivity contribution in [3.8, 4) is 0 Å². The monoisotopic (exact) mass is 261 g/mol. The van der Waals surface area contributed by atoms with Crippen molar-refractivity contribution < 1.29 is 4.79 Å². The molecular weight excluding hydrogens is 242 g/mol. The van der Waals surface area contributed by atoms with Crippen molar-refractivity contribution in [3.63, 3.8) is 0 Å². The first kappa shape index (κ1) is 13.5. The second kappa shape index (κ2) is 5.36. The van der Waals surface area contributed by atoms with Crippen LogP contribution in [0.1, 0.15) is 26.1 Å². The van der Waals surface area contributed by atoms with Crippen LogP contribution >= 0.6 is 0 Å². The Hall–Kier alpha value is -1.95. The molecule has 2 aromatic rings. The van der Waals surface area contributed by atoms with E-state index in [1.165, 1.54) is 0 Å². The van der Waals surface area contributed by atoms with Crippen LogP contribution in [0.4, 0.5) is 0 Å². The van der Waals surface area contributed by atoms with Crippen LogP contribution in [0, 0.1) is 5.41 Å². The van der Waals surface area contributed by atoms with Gasteiger partial charge in [0.15, 0.2) is 11.5 Å². The van der Waals surface area contributed by atoms with Gasteiger partial charge in [-0.3, -0.25) is 9.20 Å². The molecule has 2 aromatic heterocycles. The summed E-state index contributed by atoms with van der Waals surface area (Å²) in [5, 5.41) is 11.0. The van der Waals surface area contributed by atoms with Crippen molar-refractivity contribution in [3.05, 3.63) is 30.2 Å². The normalized spacial score (nSPS) is 14.3. The molecule has 1 unspecified atom stereocenters. The summed E-state index contributed by atoms with van der Waals surface area (Å²) in [5.41, 5.74) is 5.90. The highest BCUT2D eigenvalue weighted by Gasteiger charge is 2.29. The number of hydrogen-bond donors (Lipinski definition) is 2. The number of aromatic nitrogens is 3. The predicted octanol–water partition coefficient (Wildman–Crippen LogP) is 0.720. The van der Waals surface area contributed by atoms with Gasteiger partial charge >= 0.3 is 0 Å². The summed E-state index contributed by atoms with van der Waals surface area (Å²) in [6, 6.07) is 5.67. The Morgan fingerprint density at radius 3 is 2.95 bits per heavy atom. The van der Waals surface area contributed by atoms with Crippen molar-refractivity contribution in [2.45, 2.75) is 26.8 Å². The highest BCUT2D eigenvalue weighted by molar-refractivity contribution is 5.82. The second-order valence-corrected chi connectivity index (χ2v) is 4.85. The van der Waals surface area contributed by atoms with E-state index >= 15 is 0 Å². The molecule has 0 aromatic carbocycles. The lowest BCUT2D eigenvalue weighted by Gasteiger charge is -2.24. The third kappa shape index (κ3) is 2.58. The number of nitrogens with two attached hydrogens (primary N) is 1. The van der Waals surface area contributed by atoms with Crippen molar-refractivity contribution >= 4 is 11.6 Å². The molecule has 0 spiro atoms. The third-order valence-electron chi connectivity index (χ3n) is 3.57. The zero-order chi connectivity index (χ0) is 13.9. The van der Waals surface area contributed by atoms with Gasteiger partial charge in [-0.1, -0.05) is 13.0 Å². The van der Waals surface area contributed by atoms with E-state index in [0.29, 0.717) is 25.3 Å². The fourth-order valence-corrected chi connectivity index (χ4v) is 1.78. The molecule has 19 heavy (non-hydrogen) atoms. The van der Waals surface area contributed by atoms with Gasteiger partial charge in [0.25, 0.3) is 0 Å². The fourth-order valence-electron chi connectivity index (χ4n) is 1.78. The Kier molecular flexibility index (Phi) is 3.80. The maximum atomic E-state index is 12.1. The SMILES string of the molecule is CCC(C)(CN)C(=O)NCc1nnc2ccccn12. The minimum Gasteiger partial charge on any atom is -0.348 e. The maximum Gasteiger partial charge on any atom is 0.227 e. The third-order valence-corrected chi connectivity index (χ3v) is 3.57. The number of pyridine rings is 1. The van der Waals surface area contributed by atoms with E-state index in [0.717, 1.165) is 5.65 Å². The number of amides is 1. The summed E-state index contributed by atoms with van der Waals surface area (Å²) in [5.74, 6) is 0.657. The molecule has 0 aliphatic heterocycles. The first-order valence-corrected chi connectivity index (χ1v) is 6.37. The molecule has 0 radical (unpaired) electrons. The van der Waals surface area contributed by atoms with Gasteiger partial charge in [-0.15, -0.1) is 10.2 Å². The van der Waals surface area contributed by atoms with Crippen molar-refractivity contribution in [1.29, 1.82) is 0 Å². The molecule has 2 heterocycles. The van der Waals surface area contributed by atoms with Crippen molar-refractivity contribution in [2.24, 2.45) is 11.1 Å². The molecule has 2 rings (SSSR count). The van der Waals surface area contributed by atoms with E-state index in [1.54, 1.807) is 0 Å². The zero-order valence-corrected chi connectivity index (χ0v) is 11.3. The quantitative estimate of drug-likeness (QED) is 0.830. The Bertz CT molecular complexity index is 573. The first-order valence-electron chi connectivity index (χ1n) is 6.37. The highest BCUT2D eigenvalue weighted by Crippen LogP contribution is 2.19. The molecule has 0 bridgehead atoms. The predicted molar refractivity (Wildman–Crippen MR) is 72.3 cm³/mol. The molecule has 102 valence electrons. The second-order valence-electron chi connectivity index (χ2n) is 4.85. The minimum atomic E-state index is -0.527. The molecule has 6 heteroatoms. The molecule has 6 nitrogen and oxygen atoms in total. The molecule has 1 amide bonds. The number of fused-ring (bicyclic) bond motifs is 1. The van der Waals surface area contributed by atoms with E-state index in [9.17, 15) is 4.79 Å². The van der Waals surface area contributed by atoms with E-state index in [1.807, 2.05) is 42.6 Å². The molecule has 3 N–H and O–H groups in total. The lowest BCUT2D eigenvalue weighted by Crippen LogP contribution is -2.43.